The van der Waals surface area contributed by atoms with Gasteiger partial charge in [0, 0.05) is 17.2 Å². The van der Waals surface area contributed by atoms with E-state index in [0.717, 1.165) is 0 Å². The average molecular weight is 228 g/mol. The van der Waals surface area contributed by atoms with Crippen molar-refractivity contribution >= 4 is 11.7 Å². The van der Waals surface area contributed by atoms with Crippen LogP contribution in [0.4, 0.5) is 14.6 Å². The first-order valence-electron chi connectivity index (χ1n) is 4.97. The van der Waals surface area contributed by atoms with Crippen LogP contribution in [0.25, 0.3) is 0 Å². The summed E-state index contributed by atoms with van der Waals surface area (Å²) in [7, 11) is 0. The zero-order valence-corrected chi connectivity index (χ0v) is 9.42. The minimum Gasteiger partial charge on any atom is -0.310 e. The number of hydrogen-bond donors (Lipinski definition) is 1. The van der Waals surface area contributed by atoms with Crippen LogP contribution in [0.15, 0.2) is 12.1 Å². The molecule has 1 heterocycles. The highest BCUT2D eigenvalue weighted by molar-refractivity contribution is 5.91. The molecule has 0 bridgehead atoms. The van der Waals surface area contributed by atoms with E-state index in [9.17, 15) is 13.6 Å². The van der Waals surface area contributed by atoms with Crippen LogP contribution >= 0.6 is 0 Å². The van der Waals surface area contributed by atoms with Crippen LogP contribution in [0.3, 0.4) is 0 Å². The number of aryl methyl sites for hydroxylation is 1. The lowest BCUT2D eigenvalue weighted by Crippen LogP contribution is -2.18. The largest absolute Gasteiger partial charge is 0.310 e. The Morgan fingerprint density at radius 1 is 1.38 bits per heavy atom. The summed E-state index contributed by atoms with van der Waals surface area (Å²) in [6, 6.07) is 2.49. The predicted octanol–water partition coefficient (Wildman–Crippen LogP) is 2.92. The first kappa shape index (κ1) is 12.5. The molecular weight excluding hydrogens is 214 g/mol. The molecule has 0 aliphatic rings. The lowest BCUT2D eigenvalue weighted by atomic mass is 10.2. The van der Waals surface area contributed by atoms with Gasteiger partial charge in [0.15, 0.2) is 0 Å². The molecular formula is C11H14F2N2O. The molecule has 0 radical (unpaired) electrons. The smallest absolute Gasteiger partial charge is 0.264 e. The number of aromatic nitrogens is 1. The van der Waals surface area contributed by atoms with Crippen LogP contribution in [-0.2, 0) is 4.79 Å². The van der Waals surface area contributed by atoms with E-state index in [0.29, 0.717) is 5.69 Å². The fraction of sp³-hybridized carbons (Fsp3) is 0.455. The van der Waals surface area contributed by atoms with Crippen molar-refractivity contribution in [3.05, 3.63) is 23.4 Å². The molecule has 1 amide bonds. The summed E-state index contributed by atoms with van der Waals surface area (Å²) >= 11 is 0. The van der Waals surface area contributed by atoms with Gasteiger partial charge in [-0.15, -0.1) is 0 Å². The van der Waals surface area contributed by atoms with Gasteiger partial charge in [-0.1, -0.05) is 13.8 Å². The molecule has 1 aromatic heterocycles. The molecule has 1 N–H and O–H groups in total. The van der Waals surface area contributed by atoms with Crippen molar-refractivity contribution in [2.45, 2.75) is 27.2 Å². The zero-order valence-electron chi connectivity index (χ0n) is 9.42. The van der Waals surface area contributed by atoms with E-state index in [2.05, 4.69) is 10.3 Å². The fourth-order valence-corrected chi connectivity index (χ4v) is 1.16. The molecule has 0 unspecified atom stereocenters. The van der Waals surface area contributed by atoms with Gasteiger partial charge in [-0.3, -0.25) is 4.79 Å². The van der Waals surface area contributed by atoms with Crippen molar-refractivity contribution in [2.75, 3.05) is 5.32 Å². The molecule has 0 atom stereocenters. The van der Waals surface area contributed by atoms with Crippen molar-refractivity contribution in [2.24, 2.45) is 5.92 Å². The van der Waals surface area contributed by atoms with Gasteiger partial charge >= 0.3 is 0 Å². The lowest BCUT2D eigenvalue weighted by molar-refractivity contribution is -0.118. The number of halogens is 2. The average Bonchev–Trinajstić information content (AvgIpc) is 2.16. The zero-order chi connectivity index (χ0) is 12.3. The standard InChI is InChI=1S/C11H14F2N2O/c1-6(2)11(16)15-9-5-8(10(12)13)4-7(3)14-9/h4-6,10H,1-3H3,(H,14,15,16). The first-order valence-corrected chi connectivity index (χ1v) is 4.97. The molecule has 16 heavy (non-hydrogen) atoms. The Hall–Kier alpha value is -1.52. The van der Waals surface area contributed by atoms with E-state index in [1.165, 1.54) is 12.1 Å². The second-order valence-corrected chi connectivity index (χ2v) is 3.87. The predicted molar refractivity (Wildman–Crippen MR) is 57.4 cm³/mol. The van der Waals surface area contributed by atoms with Gasteiger partial charge in [-0.25, -0.2) is 13.8 Å². The maximum atomic E-state index is 12.5. The number of amides is 1. The molecule has 0 fully saturated rings. The normalized spacial score (nSPS) is 10.9. The van der Waals surface area contributed by atoms with Gasteiger partial charge in [0.1, 0.15) is 5.82 Å². The second kappa shape index (κ2) is 5.01. The molecule has 5 heteroatoms. The van der Waals surface area contributed by atoms with E-state index in [1.54, 1.807) is 20.8 Å². The van der Waals surface area contributed by atoms with E-state index in [-0.39, 0.29) is 23.2 Å². The van der Waals surface area contributed by atoms with Gasteiger partial charge in [-0.2, -0.15) is 0 Å². The molecule has 0 spiro atoms. The Kier molecular flexibility index (Phi) is 3.93. The third kappa shape index (κ3) is 3.25. The SMILES string of the molecule is Cc1cc(C(F)F)cc(NC(=O)C(C)C)n1. The van der Waals surface area contributed by atoms with Gasteiger partial charge < -0.3 is 5.32 Å². The summed E-state index contributed by atoms with van der Waals surface area (Å²) in [5, 5.41) is 2.49. The Morgan fingerprint density at radius 3 is 2.50 bits per heavy atom. The molecule has 0 aliphatic heterocycles. The molecule has 0 saturated heterocycles. The summed E-state index contributed by atoms with van der Waals surface area (Å²) in [6.45, 7) is 5.05. The van der Waals surface area contributed by atoms with Gasteiger partial charge in [0.2, 0.25) is 5.91 Å². The Morgan fingerprint density at radius 2 is 2.00 bits per heavy atom. The monoisotopic (exact) mass is 228 g/mol. The third-order valence-electron chi connectivity index (χ3n) is 2.00. The fourth-order valence-electron chi connectivity index (χ4n) is 1.16. The summed E-state index contributed by atoms with van der Waals surface area (Å²) < 4.78 is 25.0. The van der Waals surface area contributed by atoms with Crippen LogP contribution in [0.1, 0.15) is 31.5 Å². The maximum Gasteiger partial charge on any atom is 0.264 e. The number of anilines is 1. The number of pyridine rings is 1. The van der Waals surface area contributed by atoms with Gasteiger partial charge in [0.05, 0.1) is 0 Å². The Labute approximate surface area is 92.9 Å². The molecule has 88 valence electrons. The number of carbonyl (C=O) groups is 1. The molecule has 3 nitrogen and oxygen atoms in total. The van der Waals surface area contributed by atoms with Crippen molar-refractivity contribution in [1.29, 1.82) is 0 Å². The maximum absolute atomic E-state index is 12.5. The number of hydrogen-bond acceptors (Lipinski definition) is 2. The number of rotatable bonds is 3. The van der Waals surface area contributed by atoms with Crippen molar-refractivity contribution in [1.82, 2.24) is 4.98 Å². The van der Waals surface area contributed by atoms with Crippen molar-refractivity contribution in [3.63, 3.8) is 0 Å². The van der Waals surface area contributed by atoms with E-state index >= 15 is 0 Å². The minimum absolute atomic E-state index is 0.133. The second-order valence-electron chi connectivity index (χ2n) is 3.87. The van der Waals surface area contributed by atoms with E-state index in [1.807, 2.05) is 0 Å². The van der Waals surface area contributed by atoms with Crippen LogP contribution in [0, 0.1) is 12.8 Å². The third-order valence-corrected chi connectivity index (χ3v) is 2.00. The lowest BCUT2D eigenvalue weighted by Gasteiger charge is -2.09. The summed E-state index contributed by atoms with van der Waals surface area (Å²) in [4.78, 5) is 15.3. The highest BCUT2D eigenvalue weighted by Crippen LogP contribution is 2.21. The molecule has 0 saturated carbocycles. The summed E-state index contributed by atoms with van der Waals surface area (Å²) in [6.07, 6.45) is -2.56. The van der Waals surface area contributed by atoms with Crippen LogP contribution in [0.2, 0.25) is 0 Å². The molecule has 0 aliphatic carbocycles. The number of nitrogens with zero attached hydrogens (tertiary/aromatic N) is 1. The highest BCUT2D eigenvalue weighted by atomic mass is 19.3. The number of carbonyl (C=O) groups excluding carboxylic acids is 1. The van der Waals surface area contributed by atoms with Crippen molar-refractivity contribution in [3.8, 4) is 0 Å². The van der Waals surface area contributed by atoms with Crippen LogP contribution in [0.5, 0.6) is 0 Å². The quantitative estimate of drug-likeness (QED) is 0.864. The molecule has 0 aromatic carbocycles. The summed E-state index contributed by atoms with van der Waals surface area (Å²) in [5.41, 5.74) is 0.323. The summed E-state index contributed by atoms with van der Waals surface area (Å²) in [5.74, 6) is -0.273. The molecule has 1 rings (SSSR count). The van der Waals surface area contributed by atoms with Gasteiger partial charge in [-0.05, 0) is 19.1 Å². The van der Waals surface area contributed by atoms with Gasteiger partial charge in [0.25, 0.3) is 6.43 Å². The van der Waals surface area contributed by atoms with E-state index < -0.39 is 6.43 Å². The van der Waals surface area contributed by atoms with E-state index in [4.69, 9.17) is 0 Å². The Balaban J connectivity index is 2.92. The minimum atomic E-state index is -2.56. The van der Waals surface area contributed by atoms with Crippen molar-refractivity contribution < 1.29 is 13.6 Å². The Bertz CT molecular complexity index is 392. The number of alkyl halides is 2. The van der Waals surface area contributed by atoms with Crippen LogP contribution < -0.4 is 5.32 Å². The topological polar surface area (TPSA) is 42.0 Å². The first-order chi connectivity index (χ1) is 7.40. The van der Waals surface area contributed by atoms with Crippen LogP contribution in [-0.4, -0.2) is 10.9 Å². The number of nitrogens with one attached hydrogen (secondary N) is 1. The molecule has 1 aromatic rings. The highest BCUT2D eigenvalue weighted by Gasteiger charge is 2.12.